The van der Waals surface area contributed by atoms with Gasteiger partial charge in [-0.2, -0.15) is 0 Å². The first kappa shape index (κ1) is 16.6. The van der Waals surface area contributed by atoms with Gasteiger partial charge in [0.15, 0.2) is 5.79 Å². The van der Waals surface area contributed by atoms with Gasteiger partial charge in [-0.15, -0.1) is 0 Å². The van der Waals surface area contributed by atoms with Crippen molar-refractivity contribution in [3.05, 3.63) is 12.7 Å². The predicted molar refractivity (Wildman–Crippen MR) is 59.4 cm³/mol. The Balaban J connectivity index is 0. The Morgan fingerprint density at radius 2 is 1.67 bits per heavy atom. The van der Waals surface area contributed by atoms with Crippen molar-refractivity contribution in [2.45, 2.75) is 45.8 Å². The largest absolute Gasteiger partial charge is 0.478 e. The van der Waals surface area contributed by atoms with Crippen molar-refractivity contribution < 1.29 is 20.1 Å². The van der Waals surface area contributed by atoms with E-state index in [9.17, 15) is 15.0 Å². The normalized spacial score (nSPS) is 10.5. The number of hydrogen-bond acceptors (Lipinski definition) is 3. The summed E-state index contributed by atoms with van der Waals surface area (Å²) in [5.74, 6) is -2.40. The van der Waals surface area contributed by atoms with E-state index in [1.165, 1.54) is 0 Å². The topological polar surface area (TPSA) is 77.8 Å². The summed E-state index contributed by atoms with van der Waals surface area (Å²) < 4.78 is 0. The van der Waals surface area contributed by atoms with Gasteiger partial charge >= 0.3 is 5.97 Å². The molecule has 0 bridgehead atoms. The first-order chi connectivity index (χ1) is 6.85. The Kier molecular flexibility index (Phi) is 9.31. The molecular formula is C11H22O4. The standard InChI is InChI=1S/C8H18O2.C3H4O2/c1-4-7(5-2)8(9,10)6-3;1-2-3(4)5/h7,9-10H,4-6H2,1-3H3;2H,1H2,(H,4,5). The van der Waals surface area contributed by atoms with Gasteiger partial charge in [0.2, 0.25) is 0 Å². The Labute approximate surface area is 91.2 Å². The third kappa shape index (κ3) is 8.15. The molecule has 0 saturated heterocycles. The summed E-state index contributed by atoms with van der Waals surface area (Å²) in [6.07, 6.45) is 2.91. The summed E-state index contributed by atoms with van der Waals surface area (Å²) in [6, 6.07) is 0. The van der Waals surface area contributed by atoms with Gasteiger partial charge in [0.1, 0.15) is 0 Å². The summed E-state index contributed by atoms with van der Waals surface area (Å²) in [4.78, 5) is 9.25. The minimum absolute atomic E-state index is 0.0255. The van der Waals surface area contributed by atoms with Crippen LogP contribution in [-0.4, -0.2) is 27.1 Å². The lowest BCUT2D eigenvalue weighted by molar-refractivity contribution is -0.203. The zero-order valence-corrected chi connectivity index (χ0v) is 9.73. The molecule has 3 N–H and O–H groups in total. The molecular weight excluding hydrogens is 196 g/mol. The van der Waals surface area contributed by atoms with E-state index in [0.717, 1.165) is 18.9 Å². The molecule has 4 heteroatoms. The molecule has 0 saturated carbocycles. The number of carboxylic acids is 1. The summed E-state index contributed by atoms with van der Waals surface area (Å²) in [5.41, 5.74) is 0. The third-order valence-corrected chi connectivity index (χ3v) is 2.33. The molecule has 0 aliphatic heterocycles. The minimum atomic E-state index is -1.44. The highest BCUT2D eigenvalue weighted by atomic mass is 16.5. The van der Waals surface area contributed by atoms with Crippen molar-refractivity contribution >= 4 is 5.97 Å². The van der Waals surface area contributed by atoms with E-state index < -0.39 is 11.8 Å². The smallest absolute Gasteiger partial charge is 0.327 e. The van der Waals surface area contributed by atoms with Gasteiger partial charge in [-0.05, 0) is 19.3 Å². The SMILES string of the molecule is C=CC(=O)O.CCC(CC)C(O)(O)CC. The predicted octanol–water partition coefficient (Wildman–Crippen LogP) is 1.77. The summed E-state index contributed by atoms with van der Waals surface area (Å²) in [5, 5.41) is 26.3. The second-order valence-electron chi connectivity index (χ2n) is 3.29. The van der Waals surface area contributed by atoms with Crippen molar-refractivity contribution in [2.24, 2.45) is 5.92 Å². The highest BCUT2D eigenvalue weighted by Crippen LogP contribution is 2.23. The number of aliphatic carboxylic acids is 1. The lowest BCUT2D eigenvalue weighted by Crippen LogP contribution is -2.36. The van der Waals surface area contributed by atoms with Gasteiger partial charge in [0, 0.05) is 12.0 Å². The van der Waals surface area contributed by atoms with Crippen LogP contribution >= 0.6 is 0 Å². The fourth-order valence-electron chi connectivity index (χ4n) is 1.23. The van der Waals surface area contributed by atoms with E-state index in [4.69, 9.17) is 5.11 Å². The zero-order valence-electron chi connectivity index (χ0n) is 9.73. The van der Waals surface area contributed by atoms with Crippen LogP contribution in [0, 0.1) is 5.92 Å². The van der Waals surface area contributed by atoms with Crippen molar-refractivity contribution in [2.75, 3.05) is 0 Å². The molecule has 0 atom stereocenters. The van der Waals surface area contributed by atoms with Crippen LogP contribution in [0.3, 0.4) is 0 Å². The number of carbonyl (C=O) groups is 1. The molecule has 4 nitrogen and oxygen atoms in total. The van der Waals surface area contributed by atoms with Gasteiger partial charge in [-0.25, -0.2) is 4.79 Å². The molecule has 0 aromatic heterocycles. The fourth-order valence-corrected chi connectivity index (χ4v) is 1.23. The fraction of sp³-hybridized carbons (Fsp3) is 0.727. The second-order valence-corrected chi connectivity index (χ2v) is 3.29. The maximum absolute atomic E-state index is 9.34. The van der Waals surface area contributed by atoms with Crippen LogP contribution in [0.4, 0.5) is 0 Å². The van der Waals surface area contributed by atoms with Gasteiger partial charge in [0.25, 0.3) is 0 Å². The summed E-state index contributed by atoms with van der Waals surface area (Å²) in [7, 11) is 0. The number of rotatable bonds is 5. The quantitative estimate of drug-likeness (QED) is 0.485. The molecule has 0 radical (unpaired) electrons. The van der Waals surface area contributed by atoms with Gasteiger partial charge < -0.3 is 15.3 Å². The second kappa shape index (κ2) is 8.44. The summed E-state index contributed by atoms with van der Waals surface area (Å²) in [6.45, 7) is 8.71. The highest BCUT2D eigenvalue weighted by molar-refractivity contribution is 5.78. The zero-order chi connectivity index (χ0) is 12.5. The monoisotopic (exact) mass is 218 g/mol. The maximum atomic E-state index is 9.34. The van der Waals surface area contributed by atoms with E-state index >= 15 is 0 Å². The maximum Gasteiger partial charge on any atom is 0.327 e. The number of hydrogen-bond donors (Lipinski definition) is 3. The molecule has 0 rings (SSSR count). The molecule has 0 heterocycles. The first-order valence-corrected chi connectivity index (χ1v) is 5.15. The molecule has 0 aliphatic rings. The van der Waals surface area contributed by atoms with Crippen LogP contribution in [0.5, 0.6) is 0 Å². The van der Waals surface area contributed by atoms with Crippen LogP contribution in [0.25, 0.3) is 0 Å². The lowest BCUT2D eigenvalue weighted by Gasteiger charge is -2.28. The highest BCUT2D eigenvalue weighted by Gasteiger charge is 2.29. The Bertz CT molecular complexity index is 183. The van der Waals surface area contributed by atoms with Crippen molar-refractivity contribution in [3.63, 3.8) is 0 Å². The van der Waals surface area contributed by atoms with Crippen molar-refractivity contribution in [1.29, 1.82) is 0 Å². The molecule has 0 aromatic rings. The van der Waals surface area contributed by atoms with E-state index in [0.29, 0.717) is 6.42 Å². The van der Waals surface area contributed by atoms with Gasteiger partial charge in [-0.3, -0.25) is 0 Å². The van der Waals surface area contributed by atoms with Crippen LogP contribution < -0.4 is 0 Å². The molecule has 0 aliphatic carbocycles. The average Bonchev–Trinajstić information content (AvgIpc) is 2.20. The van der Waals surface area contributed by atoms with Crippen molar-refractivity contribution in [1.82, 2.24) is 0 Å². The van der Waals surface area contributed by atoms with Crippen molar-refractivity contribution in [3.8, 4) is 0 Å². The van der Waals surface area contributed by atoms with Crippen LogP contribution in [0.2, 0.25) is 0 Å². The number of carboxylic acid groups (broad SMARTS) is 1. The third-order valence-electron chi connectivity index (χ3n) is 2.33. The minimum Gasteiger partial charge on any atom is -0.478 e. The molecule has 90 valence electrons. The average molecular weight is 218 g/mol. The van der Waals surface area contributed by atoms with Gasteiger partial charge in [0.05, 0.1) is 0 Å². The van der Waals surface area contributed by atoms with E-state index in [1.807, 2.05) is 13.8 Å². The molecule has 15 heavy (non-hydrogen) atoms. The Morgan fingerprint density at radius 3 is 1.73 bits per heavy atom. The molecule has 0 spiro atoms. The lowest BCUT2D eigenvalue weighted by atomic mass is 9.91. The Hall–Kier alpha value is -0.870. The molecule has 0 unspecified atom stereocenters. The number of aliphatic hydroxyl groups is 2. The first-order valence-electron chi connectivity index (χ1n) is 5.15. The summed E-state index contributed by atoms with van der Waals surface area (Å²) >= 11 is 0. The molecule has 0 aromatic carbocycles. The van der Waals surface area contributed by atoms with E-state index in [1.54, 1.807) is 6.92 Å². The molecule has 0 amide bonds. The van der Waals surface area contributed by atoms with E-state index in [2.05, 4.69) is 6.58 Å². The molecule has 0 fully saturated rings. The van der Waals surface area contributed by atoms with Crippen LogP contribution in [-0.2, 0) is 4.79 Å². The van der Waals surface area contributed by atoms with E-state index in [-0.39, 0.29) is 5.92 Å². The van der Waals surface area contributed by atoms with Crippen LogP contribution in [0.15, 0.2) is 12.7 Å². The van der Waals surface area contributed by atoms with Crippen LogP contribution in [0.1, 0.15) is 40.0 Å². The Morgan fingerprint density at radius 1 is 1.33 bits per heavy atom. The van der Waals surface area contributed by atoms with Gasteiger partial charge in [-0.1, -0.05) is 27.4 Å².